The second-order valence-corrected chi connectivity index (χ2v) is 7.19. The highest BCUT2D eigenvalue weighted by Gasteiger charge is 2.59. The number of aliphatic hydroxyl groups is 1. The van der Waals surface area contributed by atoms with Crippen molar-refractivity contribution in [1.82, 2.24) is 0 Å². The van der Waals surface area contributed by atoms with Gasteiger partial charge in [-0.25, -0.2) is 0 Å². The van der Waals surface area contributed by atoms with Gasteiger partial charge in [-0.15, -0.1) is 0 Å². The Morgan fingerprint density at radius 2 is 1.79 bits per heavy atom. The van der Waals surface area contributed by atoms with Crippen LogP contribution in [-0.2, 0) is 4.74 Å². The zero-order valence-electron chi connectivity index (χ0n) is 13.4. The summed E-state index contributed by atoms with van der Waals surface area (Å²) in [5.41, 5.74) is 0.351. The summed E-state index contributed by atoms with van der Waals surface area (Å²) in [6.45, 7) is 11.1. The Kier molecular flexibility index (Phi) is 4.32. The highest BCUT2D eigenvalue weighted by molar-refractivity contribution is 5.07. The minimum atomic E-state index is -0.516. The van der Waals surface area contributed by atoms with Crippen LogP contribution in [0.1, 0.15) is 73.1 Å². The maximum Gasteiger partial charge on any atom is 0.155 e. The summed E-state index contributed by atoms with van der Waals surface area (Å²) >= 11 is 0. The van der Waals surface area contributed by atoms with Gasteiger partial charge in [0.2, 0.25) is 0 Å². The van der Waals surface area contributed by atoms with Crippen molar-refractivity contribution in [2.45, 2.75) is 85.0 Å². The highest BCUT2D eigenvalue weighted by Crippen LogP contribution is 2.62. The van der Waals surface area contributed by atoms with Crippen LogP contribution in [0.15, 0.2) is 0 Å². The second-order valence-electron chi connectivity index (χ2n) is 7.19. The van der Waals surface area contributed by atoms with Crippen molar-refractivity contribution in [3.05, 3.63) is 0 Å². The third-order valence-corrected chi connectivity index (χ3v) is 6.24. The quantitative estimate of drug-likeness (QED) is 0.707. The summed E-state index contributed by atoms with van der Waals surface area (Å²) in [5.74, 6) is 2.27. The number of hydrogen-bond acceptors (Lipinski definition) is 2. The van der Waals surface area contributed by atoms with Gasteiger partial charge in [0.1, 0.15) is 0 Å². The van der Waals surface area contributed by atoms with Gasteiger partial charge >= 0.3 is 0 Å². The lowest BCUT2D eigenvalue weighted by Crippen LogP contribution is -2.53. The molecule has 0 bridgehead atoms. The molecule has 2 nitrogen and oxygen atoms in total. The van der Waals surface area contributed by atoms with Crippen LogP contribution in [-0.4, -0.2) is 17.0 Å². The molecule has 3 rings (SSSR count). The lowest BCUT2D eigenvalue weighted by molar-refractivity contribution is -0.172. The van der Waals surface area contributed by atoms with Crippen molar-refractivity contribution in [1.29, 1.82) is 0 Å². The van der Waals surface area contributed by atoms with Gasteiger partial charge in [-0.1, -0.05) is 40.5 Å². The number of aliphatic hydroxyl groups excluding tert-OH is 1. The van der Waals surface area contributed by atoms with Gasteiger partial charge < -0.3 is 9.84 Å². The maximum absolute atomic E-state index is 9.87. The van der Waals surface area contributed by atoms with E-state index in [1.165, 1.54) is 25.7 Å². The fourth-order valence-electron chi connectivity index (χ4n) is 5.42. The van der Waals surface area contributed by atoms with Crippen molar-refractivity contribution in [3.8, 4) is 0 Å². The van der Waals surface area contributed by atoms with Crippen LogP contribution in [0.4, 0.5) is 0 Å². The monoisotopic (exact) mass is 268 g/mol. The van der Waals surface area contributed by atoms with Crippen molar-refractivity contribution in [3.63, 3.8) is 0 Å². The first-order chi connectivity index (χ1) is 8.96. The molecule has 6 atom stereocenters. The van der Waals surface area contributed by atoms with Gasteiger partial charge in [0, 0.05) is 6.42 Å². The third-order valence-electron chi connectivity index (χ3n) is 6.24. The molecule has 1 saturated heterocycles. The Hall–Kier alpha value is -0.0800. The Bertz CT molecular complexity index is 316. The van der Waals surface area contributed by atoms with Crippen molar-refractivity contribution in [2.24, 2.45) is 23.2 Å². The normalized spacial score (nSPS) is 52.7. The van der Waals surface area contributed by atoms with E-state index in [4.69, 9.17) is 4.74 Å². The van der Waals surface area contributed by atoms with Gasteiger partial charge in [0.25, 0.3) is 0 Å². The Labute approximate surface area is 118 Å². The molecule has 0 amide bonds. The number of fused-ring (bicyclic) bond motifs is 3. The maximum atomic E-state index is 9.87. The summed E-state index contributed by atoms with van der Waals surface area (Å²) in [5, 5.41) is 9.87. The molecule has 1 heterocycles. The smallest absolute Gasteiger partial charge is 0.155 e. The van der Waals surface area contributed by atoms with Crippen LogP contribution < -0.4 is 0 Å². The van der Waals surface area contributed by atoms with Gasteiger partial charge in [0.15, 0.2) is 6.29 Å². The average molecular weight is 268 g/mol. The molecule has 0 aromatic carbocycles. The molecule has 2 saturated carbocycles. The molecule has 0 aromatic rings. The number of hydrogen-bond donors (Lipinski definition) is 1. The first kappa shape index (κ1) is 15.3. The van der Waals surface area contributed by atoms with Crippen LogP contribution in [0.2, 0.25) is 0 Å². The van der Waals surface area contributed by atoms with Crippen LogP contribution >= 0.6 is 0 Å². The standard InChI is InChI=1S/C15H26O2.C2H6/c1-10-5-4-7-14(2)11(10)6-8-15(3)12(14)9-13(16)17-15;1-2/h10-13,16H,4-9H2,1-3H3;1-2H3. The second kappa shape index (κ2) is 5.37. The van der Waals surface area contributed by atoms with Crippen LogP contribution in [0.25, 0.3) is 0 Å². The van der Waals surface area contributed by atoms with E-state index in [2.05, 4.69) is 20.8 Å². The highest BCUT2D eigenvalue weighted by atomic mass is 16.6. The lowest BCUT2D eigenvalue weighted by Gasteiger charge is -2.56. The minimum Gasteiger partial charge on any atom is -0.368 e. The van der Waals surface area contributed by atoms with E-state index in [0.29, 0.717) is 11.3 Å². The molecule has 3 fully saturated rings. The van der Waals surface area contributed by atoms with Gasteiger partial charge in [-0.05, 0) is 49.4 Å². The Morgan fingerprint density at radius 1 is 1.11 bits per heavy atom. The zero-order valence-corrected chi connectivity index (χ0v) is 13.4. The molecule has 6 unspecified atom stereocenters. The van der Waals surface area contributed by atoms with Crippen molar-refractivity contribution >= 4 is 0 Å². The zero-order chi connectivity index (χ0) is 14.3. The molecule has 0 spiro atoms. The van der Waals surface area contributed by atoms with E-state index in [0.717, 1.165) is 24.7 Å². The molecule has 2 heteroatoms. The molecular formula is C17H32O2. The van der Waals surface area contributed by atoms with Crippen LogP contribution in [0, 0.1) is 23.2 Å². The first-order valence-corrected chi connectivity index (χ1v) is 8.31. The third kappa shape index (κ3) is 2.35. The Balaban J connectivity index is 0.000000637. The molecule has 112 valence electrons. The summed E-state index contributed by atoms with van der Waals surface area (Å²) in [7, 11) is 0. The topological polar surface area (TPSA) is 29.5 Å². The van der Waals surface area contributed by atoms with Crippen molar-refractivity contribution in [2.75, 3.05) is 0 Å². The average Bonchev–Trinajstić information content (AvgIpc) is 2.68. The minimum absolute atomic E-state index is 0.0538. The van der Waals surface area contributed by atoms with Gasteiger partial charge in [-0.3, -0.25) is 0 Å². The van der Waals surface area contributed by atoms with Crippen LogP contribution in [0.5, 0.6) is 0 Å². The van der Waals surface area contributed by atoms with E-state index >= 15 is 0 Å². The summed E-state index contributed by atoms with van der Waals surface area (Å²) in [6.07, 6.45) is 6.85. The molecule has 19 heavy (non-hydrogen) atoms. The van der Waals surface area contributed by atoms with Crippen LogP contribution in [0.3, 0.4) is 0 Å². The molecule has 0 aromatic heterocycles. The fraction of sp³-hybridized carbons (Fsp3) is 1.00. The van der Waals surface area contributed by atoms with Gasteiger partial charge in [-0.2, -0.15) is 0 Å². The van der Waals surface area contributed by atoms with E-state index < -0.39 is 6.29 Å². The molecule has 3 aliphatic rings. The Morgan fingerprint density at radius 3 is 2.47 bits per heavy atom. The predicted molar refractivity (Wildman–Crippen MR) is 78.8 cm³/mol. The van der Waals surface area contributed by atoms with Crippen molar-refractivity contribution < 1.29 is 9.84 Å². The SMILES string of the molecule is CC.CC1CCCC2(C)C1CCC1(C)OC(O)CC12. The van der Waals surface area contributed by atoms with E-state index in [1.54, 1.807) is 0 Å². The molecule has 1 aliphatic heterocycles. The molecule has 2 aliphatic carbocycles. The largest absolute Gasteiger partial charge is 0.368 e. The summed E-state index contributed by atoms with van der Waals surface area (Å²) < 4.78 is 5.86. The van der Waals surface area contributed by atoms with E-state index in [1.807, 2.05) is 13.8 Å². The van der Waals surface area contributed by atoms with E-state index in [9.17, 15) is 5.11 Å². The molecule has 0 radical (unpaired) electrons. The summed E-state index contributed by atoms with van der Waals surface area (Å²) in [6, 6.07) is 0. The number of rotatable bonds is 0. The predicted octanol–water partition coefficient (Wildman–Crippen LogP) is 4.36. The molecule has 1 N–H and O–H groups in total. The lowest BCUT2D eigenvalue weighted by atomic mass is 9.49. The summed E-state index contributed by atoms with van der Waals surface area (Å²) in [4.78, 5) is 0. The first-order valence-electron chi connectivity index (χ1n) is 8.31. The van der Waals surface area contributed by atoms with Gasteiger partial charge in [0.05, 0.1) is 5.60 Å². The number of ether oxygens (including phenoxy) is 1. The van der Waals surface area contributed by atoms with E-state index in [-0.39, 0.29) is 5.60 Å². The fourth-order valence-corrected chi connectivity index (χ4v) is 5.42. The molecular weight excluding hydrogens is 236 g/mol.